The second-order valence-electron chi connectivity index (χ2n) is 8.16. The molecular formula is C29H33NO6S. The summed E-state index contributed by atoms with van der Waals surface area (Å²) >= 11 is 1.75. The predicted molar refractivity (Wildman–Crippen MR) is 145 cm³/mol. The first kappa shape index (κ1) is 28.1. The standard InChI is InChI=1S/C29H33NO6S/c1-2-34-27(28(31)32)22-23-14-16-24(17-15-23)35-20-19-30(29(33)36-25-10-5-3-6-11-25)18-9-21-37-26-12-7-4-8-13-26/h3-8,10-17,27H,2,9,18-22H2,1H3,(H,31,32). The molecule has 1 atom stereocenters. The highest BCUT2D eigenvalue weighted by molar-refractivity contribution is 7.99. The Morgan fingerprint density at radius 3 is 2.22 bits per heavy atom. The third-order valence-corrected chi connectivity index (χ3v) is 6.51. The molecule has 0 aliphatic rings. The molecular weight excluding hydrogens is 490 g/mol. The molecule has 8 heteroatoms. The zero-order chi connectivity index (χ0) is 26.3. The number of amides is 1. The van der Waals surface area contributed by atoms with Gasteiger partial charge in [0.25, 0.3) is 0 Å². The number of rotatable bonds is 15. The number of benzene rings is 3. The van der Waals surface area contributed by atoms with Crippen molar-refractivity contribution in [2.45, 2.75) is 30.8 Å². The largest absolute Gasteiger partial charge is 0.492 e. The van der Waals surface area contributed by atoms with E-state index < -0.39 is 18.2 Å². The van der Waals surface area contributed by atoms with Crippen LogP contribution in [0, 0.1) is 0 Å². The van der Waals surface area contributed by atoms with Gasteiger partial charge in [-0.15, -0.1) is 11.8 Å². The molecule has 0 aliphatic heterocycles. The molecule has 0 spiro atoms. The molecule has 37 heavy (non-hydrogen) atoms. The number of carbonyl (C=O) groups excluding carboxylic acids is 1. The van der Waals surface area contributed by atoms with E-state index in [9.17, 15) is 14.7 Å². The lowest BCUT2D eigenvalue weighted by molar-refractivity contribution is -0.149. The highest BCUT2D eigenvalue weighted by Gasteiger charge is 2.18. The summed E-state index contributed by atoms with van der Waals surface area (Å²) < 4.78 is 16.7. The second kappa shape index (κ2) is 15.6. The van der Waals surface area contributed by atoms with Crippen molar-refractivity contribution in [1.82, 2.24) is 4.90 Å². The smallest absolute Gasteiger partial charge is 0.415 e. The van der Waals surface area contributed by atoms with Gasteiger partial charge in [0.1, 0.15) is 18.1 Å². The van der Waals surface area contributed by atoms with Crippen LogP contribution < -0.4 is 9.47 Å². The Bertz CT molecular complexity index is 1080. The average molecular weight is 524 g/mol. The van der Waals surface area contributed by atoms with Crippen molar-refractivity contribution in [1.29, 1.82) is 0 Å². The van der Waals surface area contributed by atoms with Gasteiger partial charge in [-0.25, -0.2) is 9.59 Å². The Morgan fingerprint density at radius 1 is 0.892 bits per heavy atom. The molecule has 196 valence electrons. The van der Waals surface area contributed by atoms with E-state index in [-0.39, 0.29) is 6.42 Å². The molecule has 3 aromatic carbocycles. The van der Waals surface area contributed by atoms with Crippen molar-refractivity contribution in [3.63, 3.8) is 0 Å². The molecule has 0 saturated heterocycles. The highest BCUT2D eigenvalue weighted by atomic mass is 32.2. The lowest BCUT2D eigenvalue weighted by atomic mass is 10.1. The predicted octanol–water partition coefficient (Wildman–Crippen LogP) is 5.78. The van der Waals surface area contributed by atoms with Gasteiger partial charge in [0.05, 0.1) is 6.54 Å². The van der Waals surface area contributed by atoms with Crippen LogP contribution in [0.3, 0.4) is 0 Å². The van der Waals surface area contributed by atoms with Gasteiger partial charge in [0.2, 0.25) is 0 Å². The Labute approximate surface area is 222 Å². The molecule has 1 unspecified atom stereocenters. The lowest BCUT2D eigenvalue weighted by Gasteiger charge is -2.22. The van der Waals surface area contributed by atoms with Crippen molar-refractivity contribution in [2.75, 3.05) is 32.1 Å². The van der Waals surface area contributed by atoms with Crippen molar-refractivity contribution in [3.8, 4) is 11.5 Å². The first-order valence-electron chi connectivity index (χ1n) is 12.3. The zero-order valence-corrected chi connectivity index (χ0v) is 21.8. The fourth-order valence-electron chi connectivity index (χ4n) is 3.54. The maximum Gasteiger partial charge on any atom is 0.415 e. The molecule has 0 radical (unpaired) electrons. The van der Waals surface area contributed by atoms with E-state index in [1.54, 1.807) is 47.9 Å². The maximum absolute atomic E-state index is 12.9. The third kappa shape index (κ3) is 10.2. The third-order valence-electron chi connectivity index (χ3n) is 5.41. The molecule has 3 aromatic rings. The molecule has 3 rings (SSSR count). The van der Waals surface area contributed by atoms with E-state index in [1.165, 1.54) is 4.90 Å². The van der Waals surface area contributed by atoms with Crippen molar-refractivity contribution in [2.24, 2.45) is 0 Å². The summed E-state index contributed by atoms with van der Waals surface area (Å²) in [7, 11) is 0. The molecule has 0 aliphatic carbocycles. The van der Waals surface area contributed by atoms with Crippen molar-refractivity contribution in [3.05, 3.63) is 90.5 Å². The van der Waals surface area contributed by atoms with E-state index >= 15 is 0 Å². The Kier molecular flexibility index (Phi) is 11.8. The first-order chi connectivity index (χ1) is 18.0. The van der Waals surface area contributed by atoms with Crippen LogP contribution in [0.1, 0.15) is 18.9 Å². The SMILES string of the molecule is CCOC(Cc1ccc(OCCN(CCCSc2ccccc2)C(=O)Oc2ccccc2)cc1)C(=O)O. The summed E-state index contributed by atoms with van der Waals surface area (Å²) in [4.78, 5) is 27.0. The van der Waals surface area contributed by atoms with Gasteiger partial charge in [-0.3, -0.25) is 0 Å². The van der Waals surface area contributed by atoms with Gasteiger partial charge in [0.15, 0.2) is 6.10 Å². The number of nitrogens with zero attached hydrogens (tertiary/aromatic N) is 1. The molecule has 1 N–H and O–H groups in total. The van der Waals surface area contributed by atoms with Crippen LogP contribution in [0.2, 0.25) is 0 Å². The van der Waals surface area contributed by atoms with Crippen LogP contribution >= 0.6 is 11.8 Å². The minimum absolute atomic E-state index is 0.281. The molecule has 0 fully saturated rings. The van der Waals surface area contributed by atoms with Gasteiger partial charge >= 0.3 is 12.1 Å². The van der Waals surface area contributed by atoms with Crippen LogP contribution in [0.15, 0.2) is 89.8 Å². The number of para-hydroxylation sites is 1. The van der Waals surface area contributed by atoms with Gasteiger partial charge < -0.3 is 24.2 Å². The summed E-state index contributed by atoms with van der Waals surface area (Å²) in [6.45, 7) is 3.32. The molecule has 1 amide bonds. The van der Waals surface area contributed by atoms with Crippen LogP contribution in [0.4, 0.5) is 4.79 Å². The number of hydrogen-bond acceptors (Lipinski definition) is 6. The number of carboxylic acids is 1. The minimum Gasteiger partial charge on any atom is -0.492 e. The fourth-order valence-corrected chi connectivity index (χ4v) is 4.40. The Balaban J connectivity index is 1.51. The second-order valence-corrected chi connectivity index (χ2v) is 9.33. The zero-order valence-electron chi connectivity index (χ0n) is 21.0. The van der Waals surface area contributed by atoms with E-state index in [0.717, 1.165) is 17.7 Å². The minimum atomic E-state index is -0.980. The number of hydrogen-bond donors (Lipinski definition) is 1. The van der Waals surface area contributed by atoms with Gasteiger partial charge in [-0.05, 0) is 61.1 Å². The van der Waals surface area contributed by atoms with E-state index in [2.05, 4.69) is 12.1 Å². The average Bonchev–Trinajstić information content (AvgIpc) is 2.91. The quantitative estimate of drug-likeness (QED) is 0.200. The summed E-state index contributed by atoms with van der Waals surface area (Å²) in [5.41, 5.74) is 0.845. The van der Waals surface area contributed by atoms with Crippen molar-refractivity contribution < 1.29 is 28.9 Å². The van der Waals surface area contributed by atoms with Crippen molar-refractivity contribution >= 4 is 23.8 Å². The monoisotopic (exact) mass is 523 g/mol. The topological polar surface area (TPSA) is 85.3 Å². The maximum atomic E-state index is 12.9. The fraction of sp³-hybridized carbons (Fsp3) is 0.310. The Hall–Kier alpha value is -3.49. The number of carbonyl (C=O) groups is 2. The number of ether oxygens (including phenoxy) is 3. The summed E-state index contributed by atoms with van der Waals surface area (Å²) in [6.07, 6.45) is -0.196. The molecule has 0 bridgehead atoms. The van der Waals surface area contributed by atoms with Crippen LogP contribution in [-0.4, -0.2) is 60.2 Å². The van der Waals surface area contributed by atoms with E-state index in [4.69, 9.17) is 14.2 Å². The number of aliphatic carboxylic acids is 1. The first-order valence-corrected chi connectivity index (χ1v) is 13.3. The lowest BCUT2D eigenvalue weighted by Crippen LogP contribution is -2.37. The van der Waals surface area contributed by atoms with Gasteiger partial charge in [-0.2, -0.15) is 0 Å². The molecule has 7 nitrogen and oxygen atoms in total. The molecule has 0 saturated carbocycles. The van der Waals surface area contributed by atoms with E-state index in [1.807, 2.05) is 48.5 Å². The van der Waals surface area contributed by atoms with Crippen LogP contribution in [0.5, 0.6) is 11.5 Å². The summed E-state index contributed by atoms with van der Waals surface area (Å²) in [6, 6.07) is 26.4. The Morgan fingerprint density at radius 2 is 1.57 bits per heavy atom. The van der Waals surface area contributed by atoms with Gasteiger partial charge in [0, 0.05) is 24.5 Å². The number of carboxylic acid groups (broad SMARTS) is 1. The summed E-state index contributed by atoms with van der Waals surface area (Å²) in [5.74, 6) is 1.04. The van der Waals surface area contributed by atoms with E-state index in [0.29, 0.717) is 37.8 Å². The molecule has 0 heterocycles. The highest BCUT2D eigenvalue weighted by Crippen LogP contribution is 2.19. The van der Waals surface area contributed by atoms with Crippen LogP contribution in [-0.2, 0) is 16.0 Å². The van der Waals surface area contributed by atoms with Crippen LogP contribution in [0.25, 0.3) is 0 Å². The molecule has 0 aromatic heterocycles. The normalized spacial score (nSPS) is 11.5. The van der Waals surface area contributed by atoms with Gasteiger partial charge in [-0.1, -0.05) is 48.5 Å². The summed E-state index contributed by atoms with van der Waals surface area (Å²) in [5, 5.41) is 9.27. The number of thioether (sulfide) groups is 1.